The van der Waals surface area contributed by atoms with Gasteiger partial charge in [0, 0.05) is 23.9 Å². The molecule has 29 heavy (non-hydrogen) atoms. The summed E-state index contributed by atoms with van der Waals surface area (Å²) in [6.45, 7) is 3.55. The van der Waals surface area contributed by atoms with Crippen LogP contribution in [0, 0.1) is 5.92 Å². The largest absolute Gasteiger partial charge is 0.497 e. The van der Waals surface area contributed by atoms with Gasteiger partial charge >= 0.3 is 0 Å². The van der Waals surface area contributed by atoms with Crippen molar-refractivity contribution in [2.45, 2.75) is 38.6 Å². The molecule has 1 aliphatic carbocycles. The van der Waals surface area contributed by atoms with Gasteiger partial charge in [-0.05, 0) is 60.4 Å². The number of fused-ring (bicyclic) bond motifs is 1. The second-order valence-corrected chi connectivity index (χ2v) is 8.85. The van der Waals surface area contributed by atoms with Crippen molar-refractivity contribution in [2.24, 2.45) is 5.92 Å². The molecule has 0 N–H and O–H groups in total. The zero-order chi connectivity index (χ0) is 20.4. The van der Waals surface area contributed by atoms with Crippen LogP contribution in [0.5, 0.6) is 5.75 Å². The Kier molecular flexibility index (Phi) is 5.90. The van der Waals surface area contributed by atoms with E-state index < -0.39 is 0 Å². The molecule has 1 aromatic carbocycles. The van der Waals surface area contributed by atoms with Crippen LogP contribution < -0.4 is 4.74 Å². The van der Waals surface area contributed by atoms with E-state index in [1.165, 1.54) is 10.4 Å². The highest BCUT2D eigenvalue weighted by atomic mass is 32.1. The number of amides is 2. The number of carbonyl (C=O) groups is 2. The molecule has 4 rings (SSSR count). The molecule has 0 bridgehead atoms. The van der Waals surface area contributed by atoms with Gasteiger partial charge in [0.25, 0.3) is 0 Å². The Bertz CT molecular complexity index is 873. The molecule has 1 atom stereocenters. The molecule has 5 nitrogen and oxygen atoms in total. The highest BCUT2D eigenvalue weighted by Crippen LogP contribution is 2.38. The van der Waals surface area contributed by atoms with Crippen molar-refractivity contribution in [3.05, 3.63) is 51.7 Å². The summed E-state index contributed by atoms with van der Waals surface area (Å²) in [7, 11) is 1.65. The van der Waals surface area contributed by atoms with Gasteiger partial charge in [0.05, 0.1) is 19.7 Å². The van der Waals surface area contributed by atoms with E-state index in [2.05, 4.69) is 18.4 Å². The maximum absolute atomic E-state index is 13.4. The van der Waals surface area contributed by atoms with Gasteiger partial charge in [-0.2, -0.15) is 0 Å². The van der Waals surface area contributed by atoms with Crippen LogP contribution in [-0.2, 0) is 16.0 Å². The Morgan fingerprint density at radius 3 is 2.62 bits per heavy atom. The minimum atomic E-state index is -0.108. The first kappa shape index (κ1) is 20.0. The molecule has 1 aliphatic heterocycles. The summed E-state index contributed by atoms with van der Waals surface area (Å²) < 4.78 is 5.30. The average Bonchev–Trinajstić information content (AvgIpc) is 3.49. The molecule has 2 aliphatic rings. The summed E-state index contributed by atoms with van der Waals surface area (Å²) in [5.41, 5.74) is 2.28. The lowest BCUT2D eigenvalue weighted by molar-refractivity contribution is -0.142. The summed E-state index contributed by atoms with van der Waals surface area (Å²) in [4.78, 5) is 31.1. The Balaban J connectivity index is 1.59. The fourth-order valence-electron chi connectivity index (χ4n) is 4.11. The van der Waals surface area contributed by atoms with Crippen LogP contribution >= 0.6 is 11.3 Å². The van der Waals surface area contributed by atoms with E-state index in [9.17, 15) is 9.59 Å². The van der Waals surface area contributed by atoms with Crippen LogP contribution in [-0.4, -0.2) is 48.4 Å². The van der Waals surface area contributed by atoms with Gasteiger partial charge in [-0.15, -0.1) is 11.3 Å². The van der Waals surface area contributed by atoms with Crippen LogP contribution in [0.2, 0.25) is 0 Å². The third-order valence-corrected chi connectivity index (χ3v) is 6.77. The number of methoxy groups -OCH3 is 1. The molecule has 2 amide bonds. The molecule has 1 saturated carbocycles. The SMILES string of the molecule is CCCN(CC(=O)N1CCc2sccc2C1c1ccc(OC)cc1)C(=O)C1CC1. The molecule has 6 heteroatoms. The lowest BCUT2D eigenvalue weighted by atomic mass is 9.93. The van der Waals surface area contributed by atoms with Gasteiger partial charge < -0.3 is 14.5 Å². The third kappa shape index (κ3) is 4.17. The summed E-state index contributed by atoms with van der Waals surface area (Å²) in [5, 5.41) is 2.11. The normalized spacial score (nSPS) is 18.3. The highest BCUT2D eigenvalue weighted by Gasteiger charge is 2.37. The highest BCUT2D eigenvalue weighted by molar-refractivity contribution is 7.10. The molecular formula is C23H28N2O3S. The molecule has 1 fully saturated rings. The number of hydrogen-bond donors (Lipinski definition) is 0. The number of carbonyl (C=O) groups excluding carboxylic acids is 2. The molecular weight excluding hydrogens is 384 g/mol. The summed E-state index contributed by atoms with van der Waals surface area (Å²) in [6, 6.07) is 9.99. The zero-order valence-corrected chi connectivity index (χ0v) is 17.9. The van der Waals surface area contributed by atoms with Gasteiger partial charge in [-0.25, -0.2) is 0 Å². The molecule has 0 spiro atoms. The molecule has 154 valence electrons. The van der Waals surface area contributed by atoms with E-state index in [0.717, 1.165) is 37.0 Å². The summed E-state index contributed by atoms with van der Waals surface area (Å²) in [5.74, 6) is 1.12. The minimum absolute atomic E-state index is 0.0325. The van der Waals surface area contributed by atoms with Gasteiger partial charge in [-0.3, -0.25) is 9.59 Å². The monoisotopic (exact) mass is 412 g/mol. The number of rotatable bonds is 7. The van der Waals surface area contributed by atoms with Crippen LogP contribution in [0.25, 0.3) is 0 Å². The van der Waals surface area contributed by atoms with Gasteiger partial charge in [0.2, 0.25) is 11.8 Å². The molecule has 2 aromatic rings. The first-order valence-electron chi connectivity index (χ1n) is 10.4. The predicted octanol–water partition coefficient (Wildman–Crippen LogP) is 3.88. The summed E-state index contributed by atoms with van der Waals surface area (Å²) in [6.07, 6.45) is 3.66. The van der Waals surface area contributed by atoms with Crippen LogP contribution in [0.1, 0.15) is 48.2 Å². The van der Waals surface area contributed by atoms with E-state index >= 15 is 0 Å². The van der Waals surface area contributed by atoms with E-state index in [-0.39, 0.29) is 30.3 Å². The fraction of sp³-hybridized carbons (Fsp3) is 0.478. The Labute approximate surface area is 176 Å². The number of ether oxygens (including phenoxy) is 1. The first-order valence-corrected chi connectivity index (χ1v) is 11.3. The zero-order valence-electron chi connectivity index (χ0n) is 17.1. The van der Waals surface area contributed by atoms with Crippen LogP contribution in [0.15, 0.2) is 35.7 Å². The van der Waals surface area contributed by atoms with Crippen molar-refractivity contribution < 1.29 is 14.3 Å². The van der Waals surface area contributed by atoms with E-state index in [0.29, 0.717) is 13.1 Å². The summed E-state index contributed by atoms with van der Waals surface area (Å²) >= 11 is 1.76. The van der Waals surface area contributed by atoms with Gasteiger partial charge in [-0.1, -0.05) is 19.1 Å². The van der Waals surface area contributed by atoms with E-state index in [1.807, 2.05) is 29.2 Å². The first-order chi connectivity index (χ1) is 14.1. The maximum atomic E-state index is 13.4. The number of thiophene rings is 1. The van der Waals surface area contributed by atoms with Crippen molar-refractivity contribution in [1.82, 2.24) is 9.80 Å². The van der Waals surface area contributed by atoms with E-state index in [4.69, 9.17) is 4.74 Å². The van der Waals surface area contributed by atoms with Crippen molar-refractivity contribution in [3.8, 4) is 5.75 Å². The maximum Gasteiger partial charge on any atom is 0.242 e. The average molecular weight is 413 g/mol. The second-order valence-electron chi connectivity index (χ2n) is 7.85. The molecule has 2 heterocycles. The molecule has 0 radical (unpaired) electrons. The van der Waals surface area contributed by atoms with Crippen LogP contribution in [0.3, 0.4) is 0 Å². The lowest BCUT2D eigenvalue weighted by Gasteiger charge is -2.37. The quantitative estimate of drug-likeness (QED) is 0.693. The van der Waals surface area contributed by atoms with Gasteiger partial charge in [0.1, 0.15) is 5.75 Å². The Morgan fingerprint density at radius 1 is 1.21 bits per heavy atom. The lowest BCUT2D eigenvalue weighted by Crippen LogP contribution is -2.47. The minimum Gasteiger partial charge on any atom is -0.497 e. The van der Waals surface area contributed by atoms with E-state index in [1.54, 1.807) is 23.3 Å². The predicted molar refractivity (Wildman–Crippen MR) is 114 cm³/mol. The van der Waals surface area contributed by atoms with Crippen molar-refractivity contribution in [2.75, 3.05) is 26.7 Å². The van der Waals surface area contributed by atoms with Crippen molar-refractivity contribution >= 4 is 23.2 Å². The second kappa shape index (κ2) is 8.57. The topological polar surface area (TPSA) is 49.9 Å². The molecule has 1 unspecified atom stereocenters. The van der Waals surface area contributed by atoms with Crippen molar-refractivity contribution in [1.29, 1.82) is 0 Å². The Hall–Kier alpha value is -2.34. The molecule has 0 saturated heterocycles. The number of benzene rings is 1. The fourth-order valence-corrected chi connectivity index (χ4v) is 5.01. The standard InChI is InChI=1S/C23H28N2O3S/c1-3-12-24(23(27)17-4-5-17)15-21(26)25-13-10-20-19(11-14-29-20)22(25)16-6-8-18(28-2)9-7-16/h6-9,11,14,17,22H,3-5,10,12-13,15H2,1-2H3. The number of hydrogen-bond acceptors (Lipinski definition) is 4. The van der Waals surface area contributed by atoms with Crippen LogP contribution in [0.4, 0.5) is 0 Å². The Morgan fingerprint density at radius 2 is 1.97 bits per heavy atom. The van der Waals surface area contributed by atoms with Gasteiger partial charge in [0.15, 0.2) is 0 Å². The third-order valence-electron chi connectivity index (χ3n) is 5.78. The number of nitrogens with zero attached hydrogens (tertiary/aromatic N) is 2. The van der Waals surface area contributed by atoms with Crippen molar-refractivity contribution in [3.63, 3.8) is 0 Å². The smallest absolute Gasteiger partial charge is 0.242 e. The molecule has 1 aromatic heterocycles.